The van der Waals surface area contributed by atoms with Gasteiger partial charge < -0.3 is 10.1 Å². The second-order valence-corrected chi connectivity index (χ2v) is 6.34. The van der Waals surface area contributed by atoms with Gasteiger partial charge in [0.25, 0.3) is 0 Å². The molecule has 2 aliphatic heterocycles. The molecular weight excluding hydrogens is 278 g/mol. The molecule has 1 amide bonds. The summed E-state index contributed by atoms with van der Waals surface area (Å²) in [7, 11) is 0. The zero-order valence-corrected chi connectivity index (χ0v) is 12.1. The van der Waals surface area contributed by atoms with E-state index < -0.39 is 0 Å². The van der Waals surface area contributed by atoms with Gasteiger partial charge in [-0.2, -0.15) is 0 Å². The minimum Gasteiger partial charge on any atom is -0.376 e. The van der Waals surface area contributed by atoms with E-state index in [9.17, 15) is 4.79 Å². The van der Waals surface area contributed by atoms with Gasteiger partial charge in [-0.25, -0.2) is 4.68 Å². The molecule has 110 valence electrons. The third kappa shape index (κ3) is 3.29. The van der Waals surface area contributed by atoms with E-state index in [1.54, 1.807) is 4.68 Å². The summed E-state index contributed by atoms with van der Waals surface area (Å²) in [6.45, 7) is 2.26. The van der Waals surface area contributed by atoms with Crippen molar-refractivity contribution >= 4 is 17.7 Å². The predicted molar refractivity (Wildman–Crippen MR) is 73.3 cm³/mol. The van der Waals surface area contributed by atoms with Crippen molar-refractivity contribution in [2.75, 3.05) is 13.2 Å². The molecule has 0 saturated carbocycles. The average Bonchev–Trinajstić information content (AvgIpc) is 3.05. The molecule has 1 N–H and O–H groups in total. The number of nitrogens with zero attached hydrogens (tertiary/aromatic N) is 4. The quantitative estimate of drug-likeness (QED) is 0.877. The van der Waals surface area contributed by atoms with Crippen LogP contribution in [0.15, 0.2) is 5.16 Å². The highest BCUT2D eigenvalue weighted by Gasteiger charge is 2.25. The number of carbonyl (C=O) groups excluding carboxylic acids is 1. The first kappa shape index (κ1) is 13.8. The smallest absolute Gasteiger partial charge is 0.233 e. The summed E-state index contributed by atoms with van der Waals surface area (Å²) in [6.07, 6.45) is 5.32. The zero-order valence-electron chi connectivity index (χ0n) is 11.3. The Morgan fingerprint density at radius 2 is 2.30 bits per heavy atom. The molecule has 1 aromatic rings. The predicted octanol–water partition coefficient (Wildman–Crippen LogP) is 0.613. The van der Waals surface area contributed by atoms with Gasteiger partial charge >= 0.3 is 0 Å². The molecule has 0 aliphatic carbocycles. The minimum absolute atomic E-state index is 0.0910. The maximum atomic E-state index is 12.0. The van der Waals surface area contributed by atoms with E-state index in [2.05, 4.69) is 20.8 Å². The summed E-state index contributed by atoms with van der Waals surface area (Å²) >= 11 is 1.46. The van der Waals surface area contributed by atoms with Gasteiger partial charge in [0.05, 0.1) is 17.9 Å². The monoisotopic (exact) mass is 297 g/mol. The van der Waals surface area contributed by atoms with Gasteiger partial charge in [-0.05, 0) is 36.1 Å². The summed E-state index contributed by atoms with van der Waals surface area (Å²) < 4.78 is 7.37. The molecule has 2 aliphatic rings. The van der Waals surface area contributed by atoms with Gasteiger partial charge in [0.1, 0.15) is 0 Å². The van der Waals surface area contributed by atoms with Crippen LogP contribution in [0.5, 0.6) is 0 Å². The summed E-state index contributed by atoms with van der Waals surface area (Å²) in [5, 5.41) is 15.4. The van der Waals surface area contributed by atoms with Gasteiger partial charge in [0.2, 0.25) is 11.1 Å². The lowest BCUT2D eigenvalue weighted by molar-refractivity contribution is -0.120. The van der Waals surface area contributed by atoms with Gasteiger partial charge in [-0.1, -0.05) is 18.2 Å². The zero-order chi connectivity index (χ0) is 13.8. The van der Waals surface area contributed by atoms with Crippen LogP contribution in [0, 0.1) is 0 Å². The summed E-state index contributed by atoms with van der Waals surface area (Å²) in [5.74, 6) is 0.0965. The Hall–Kier alpha value is -1.15. The van der Waals surface area contributed by atoms with E-state index in [-0.39, 0.29) is 17.3 Å². The topological polar surface area (TPSA) is 81.9 Å². The number of aromatic nitrogens is 4. The summed E-state index contributed by atoms with van der Waals surface area (Å²) in [5.41, 5.74) is 0. The second kappa shape index (κ2) is 6.53. The van der Waals surface area contributed by atoms with Crippen LogP contribution in [-0.2, 0) is 16.1 Å². The molecule has 2 fully saturated rings. The van der Waals surface area contributed by atoms with Crippen molar-refractivity contribution in [2.45, 2.75) is 55.2 Å². The molecule has 20 heavy (non-hydrogen) atoms. The van der Waals surface area contributed by atoms with Gasteiger partial charge in [-0.15, -0.1) is 5.10 Å². The van der Waals surface area contributed by atoms with Crippen molar-refractivity contribution in [1.82, 2.24) is 25.5 Å². The number of hydrogen-bond acceptors (Lipinski definition) is 6. The van der Waals surface area contributed by atoms with Crippen molar-refractivity contribution in [2.24, 2.45) is 0 Å². The van der Waals surface area contributed by atoms with E-state index in [0.717, 1.165) is 45.3 Å². The third-order valence-electron chi connectivity index (χ3n) is 3.63. The number of thioether (sulfide) groups is 1. The van der Waals surface area contributed by atoms with Crippen molar-refractivity contribution in [3.05, 3.63) is 0 Å². The van der Waals surface area contributed by atoms with E-state index in [1.165, 1.54) is 11.8 Å². The first-order chi connectivity index (χ1) is 9.83. The molecule has 0 radical (unpaired) electrons. The van der Waals surface area contributed by atoms with Crippen LogP contribution in [0.3, 0.4) is 0 Å². The molecule has 3 heterocycles. The van der Waals surface area contributed by atoms with Crippen molar-refractivity contribution < 1.29 is 9.53 Å². The molecule has 0 aromatic carbocycles. The van der Waals surface area contributed by atoms with E-state index in [0.29, 0.717) is 11.7 Å². The fraction of sp³-hybridized carbons (Fsp3) is 0.833. The maximum Gasteiger partial charge on any atom is 0.233 e. The van der Waals surface area contributed by atoms with Crippen molar-refractivity contribution in [3.63, 3.8) is 0 Å². The van der Waals surface area contributed by atoms with Crippen LogP contribution in [0.4, 0.5) is 0 Å². The molecule has 3 rings (SSSR count). The molecule has 8 heteroatoms. The lowest BCUT2D eigenvalue weighted by Gasteiger charge is -2.13. The Balaban J connectivity index is 1.64. The highest BCUT2D eigenvalue weighted by molar-refractivity contribution is 8.00. The number of tetrazole rings is 1. The fourth-order valence-electron chi connectivity index (χ4n) is 2.53. The molecule has 1 aromatic heterocycles. The molecule has 7 nitrogen and oxygen atoms in total. The van der Waals surface area contributed by atoms with Crippen molar-refractivity contribution in [3.8, 4) is 0 Å². The average molecular weight is 297 g/mol. The Labute approximate surface area is 121 Å². The van der Waals surface area contributed by atoms with Crippen LogP contribution in [0.1, 0.15) is 32.1 Å². The van der Waals surface area contributed by atoms with E-state index in [1.807, 2.05) is 0 Å². The lowest BCUT2D eigenvalue weighted by atomic mass is 10.2. The largest absolute Gasteiger partial charge is 0.376 e. The Morgan fingerprint density at radius 1 is 1.35 bits per heavy atom. The summed E-state index contributed by atoms with van der Waals surface area (Å²) in [4.78, 5) is 12.0. The van der Waals surface area contributed by atoms with Gasteiger partial charge in [0.15, 0.2) is 0 Å². The highest BCUT2D eigenvalue weighted by atomic mass is 32.2. The van der Waals surface area contributed by atoms with E-state index >= 15 is 0 Å². The lowest BCUT2D eigenvalue weighted by Crippen LogP contribution is -2.31. The van der Waals surface area contributed by atoms with E-state index in [4.69, 9.17) is 4.74 Å². The Kier molecular flexibility index (Phi) is 4.51. The number of rotatable bonds is 4. The SMILES string of the molecule is O=C1NCCCC[C@H]1Sc1nnnn1C[C@H]1CCCO1. The van der Waals surface area contributed by atoms with Crippen molar-refractivity contribution in [1.29, 1.82) is 0 Å². The first-order valence-corrected chi connectivity index (χ1v) is 8.03. The molecule has 2 saturated heterocycles. The van der Waals surface area contributed by atoms with Crippen LogP contribution in [0.25, 0.3) is 0 Å². The molecule has 0 spiro atoms. The standard InChI is InChI=1S/C12H19N5O2S/c18-11-10(5-1-2-6-13-11)20-12-14-15-16-17(12)8-9-4-3-7-19-9/h9-10H,1-8H2,(H,13,18)/t9-,10-/m1/s1. The Morgan fingerprint density at radius 3 is 3.15 bits per heavy atom. The molecular formula is C12H19N5O2S. The number of ether oxygens (including phenoxy) is 1. The highest BCUT2D eigenvalue weighted by Crippen LogP contribution is 2.26. The molecule has 2 atom stereocenters. The maximum absolute atomic E-state index is 12.0. The summed E-state index contributed by atoms with van der Waals surface area (Å²) in [6, 6.07) is 0. The van der Waals surface area contributed by atoms with Crippen LogP contribution in [0.2, 0.25) is 0 Å². The number of nitrogens with one attached hydrogen (secondary N) is 1. The number of hydrogen-bond donors (Lipinski definition) is 1. The number of amides is 1. The fourth-order valence-corrected chi connectivity index (χ4v) is 3.57. The minimum atomic E-state index is -0.0910. The second-order valence-electron chi connectivity index (χ2n) is 5.17. The van der Waals surface area contributed by atoms with Crippen LogP contribution in [-0.4, -0.2) is 50.6 Å². The third-order valence-corrected chi connectivity index (χ3v) is 4.87. The normalized spacial score (nSPS) is 27.3. The molecule has 0 unspecified atom stereocenters. The molecule has 0 bridgehead atoms. The van der Waals surface area contributed by atoms with Gasteiger partial charge in [-0.3, -0.25) is 4.79 Å². The van der Waals surface area contributed by atoms with Crippen LogP contribution < -0.4 is 5.32 Å². The number of carbonyl (C=O) groups is 1. The Bertz CT molecular complexity index is 460. The first-order valence-electron chi connectivity index (χ1n) is 7.15. The van der Waals surface area contributed by atoms with Crippen LogP contribution >= 0.6 is 11.8 Å². The van der Waals surface area contributed by atoms with Gasteiger partial charge in [0, 0.05) is 13.2 Å².